The molecule has 0 fully saturated rings. The lowest BCUT2D eigenvalue weighted by Crippen LogP contribution is -2.34. The van der Waals surface area contributed by atoms with E-state index in [1.807, 2.05) is 11.9 Å². The van der Waals surface area contributed by atoms with Crippen molar-refractivity contribution in [1.29, 1.82) is 0 Å². The summed E-state index contributed by atoms with van der Waals surface area (Å²) in [7, 11) is 5.20. The van der Waals surface area contributed by atoms with Crippen molar-refractivity contribution < 1.29 is 4.74 Å². The summed E-state index contributed by atoms with van der Waals surface area (Å²) >= 11 is 3.48. The van der Waals surface area contributed by atoms with Gasteiger partial charge in [-0.15, -0.1) is 0 Å². The monoisotopic (exact) mass is 289 g/mol. The number of nitrogens with zero attached hydrogens (tertiary/aromatic N) is 3. The molecule has 6 heteroatoms. The molecule has 0 radical (unpaired) electrons. The van der Waals surface area contributed by atoms with Crippen LogP contribution in [0.5, 0.6) is 0 Å². The number of halogens is 1. The smallest absolute Gasteiger partial charge is 0.293 e. The first-order chi connectivity index (χ1) is 7.56. The number of aromatic nitrogens is 2. The lowest BCUT2D eigenvalue weighted by atomic mass is 10.4. The van der Waals surface area contributed by atoms with Crippen LogP contribution in [0.25, 0.3) is 0 Å². The van der Waals surface area contributed by atoms with Gasteiger partial charge in [-0.3, -0.25) is 4.79 Å². The highest BCUT2D eigenvalue weighted by Crippen LogP contribution is 2.06. The molecule has 1 atom stereocenters. The molecule has 0 N–H and O–H groups in total. The third-order valence-electron chi connectivity index (χ3n) is 2.18. The van der Waals surface area contributed by atoms with E-state index in [0.717, 1.165) is 0 Å². The molecule has 0 aromatic carbocycles. The Hall–Kier alpha value is -0.880. The predicted molar refractivity (Wildman–Crippen MR) is 67.3 cm³/mol. The van der Waals surface area contributed by atoms with Crippen LogP contribution < -0.4 is 10.5 Å². The van der Waals surface area contributed by atoms with Crippen LogP contribution in [0.15, 0.2) is 17.2 Å². The van der Waals surface area contributed by atoms with Gasteiger partial charge < -0.3 is 14.2 Å². The minimum absolute atomic E-state index is 0.0953. The van der Waals surface area contributed by atoms with Crippen LogP contribution in [0, 0.1) is 0 Å². The summed E-state index contributed by atoms with van der Waals surface area (Å²) in [5.41, 5.74) is -0.0953. The van der Waals surface area contributed by atoms with Crippen molar-refractivity contribution in [2.75, 3.05) is 32.2 Å². The Morgan fingerprint density at radius 3 is 3.00 bits per heavy atom. The van der Waals surface area contributed by atoms with Crippen molar-refractivity contribution in [2.45, 2.75) is 4.83 Å². The highest BCUT2D eigenvalue weighted by Gasteiger charge is 2.12. The van der Waals surface area contributed by atoms with Crippen LogP contribution in [0.3, 0.4) is 0 Å². The van der Waals surface area contributed by atoms with E-state index in [9.17, 15) is 4.79 Å². The van der Waals surface area contributed by atoms with Crippen molar-refractivity contribution in [2.24, 2.45) is 7.05 Å². The fraction of sp³-hybridized carbons (Fsp3) is 0.600. The van der Waals surface area contributed by atoms with Crippen molar-refractivity contribution >= 4 is 21.7 Å². The van der Waals surface area contributed by atoms with Gasteiger partial charge >= 0.3 is 0 Å². The third-order valence-corrected chi connectivity index (χ3v) is 2.73. The zero-order chi connectivity index (χ0) is 12.1. The molecule has 0 aliphatic rings. The normalized spacial score (nSPS) is 12.5. The zero-order valence-electron chi connectivity index (χ0n) is 9.68. The largest absolute Gasteiger partial charge is 0.383 e. The number of hydrogen-bond donors (Lipinski definition) is 0. The number of rotatable bonds is 5. The molecule has 0 saturated carbocycles. The lowest BCUT2D eigenvalue weighted by molar-refractivity contribution is 0.201. The van der Waals surface area contributed by atoms with E-state index < -0.39 is 0 Å². The highest BCUT2D eigenvalue weighted by atomic mass is 79.9. The van der Waals surface area contributed by atoms with Gasteiger partial charge in [-0.25, -0.2) is 4.98 Å². The molecule has 0 bridgehead atoms. The Morgan fingerprint density at radius 2 is 2.38 bits per heavy atom. The number of alkyl halides is 1. The van der Waals surface area contributed by atoms with E-state index in [1.54, 1.807) is 26.6 Å². The maximum atomic E-state index is 11.8. The van der Waals surface area contributed by atoms with E-state index in [2.05, 4.69) is 20.9 Å². The second-order valence-corrected chi connectivity index (χ2v) is 4.90. The summed E-state index contributed by atoms with van der Waals surface area (Å²) in [5, 5.41) is 0. The molecule has 1 rings (SSSR count). The van der Waals surface area contributed by atoms with Crippen LogP contribution in [0.2, 0.25) is 0 Å². The second kappa shape index (κ2) is 6.00. The molecule has 0 aliphatic carbocycles. The van der Waals surface area contributed by atoms with Gasteiger partial charge in [-0.2, -0.15) is 0 Å². The minimum Gasteiger partial charge on any atom is -0.383 e. The van der Waals surface area contributed by atoms with E-state index in [-0.39, 0.29) is 10.4 Å². The molecule has 0 aliphatic heterocycles. The standard InChI is InChI=1S/C10H16BrN3O2/c1-13-5-4-12-9(10(13)15)14(2)6-8(11)7-16-3/h4-5,8H,6-7H2,1-3H3. The van der Waals surface area contributed by atoms with Gasteiger partial charge in [0.2, 0.25) is 0 Å². The Kier molecular flexibility index (Phi) is 4.95. The molecule has 1 heterocycles. The van der Waals surface area contributed by atoms with E-state index in [0.29, 0.717) is 19.0 Å². The predicted octanol–water partition coefficient (Wildman–Crippen LogP) is 0.626. The molecule has 1 unspecified atom stereocenters. The van der Waals surface area contributed by atoms with Gasteiger partial charge in [0.15, 0.2) is 5.82 Å². The van der Waals surface area contributed by atoms with Crippen molar-refractivity contribution in [3.63, 3.8) is 0 Å². The summed E-state index contributed by atoms with van der Waals surface area (Å²) in [6.07, 6.45) is 3.26. The first-order valence-electron chi connectivity index (χ1n) is 4.92. The Labute approximate surface area is 103 Å². The first kappa shape index (κ1) is 13.2. The average molecular weight is 290 g/mol. The summed E-state index contributed by atoms with van der Waals surface area (Å²) in [4.78, 5) is 17.8. The topological polar surface area (TPSA) is 47.4 Å². The van der Waals surface area contributed by atoms with Gasteiger partial charge in [0, 0.05) is 40.1 Å². The number of anilines is 1. The third kappa shape index (κ3) is 3.31. The number of ether oxygens (including phenoxy) is 1. The SMILES string of the molecule is COCC(Br)CN(C)c1nccn(C)c1=O. The lowest BCUT2D eigenvalue weighted by Gasteiger charge is -2.20. The summed E-state index contributed by atoms with van der Waals surface area (Å²) in [6, 6.07) is 0. The average Bonchev–Trinajstić information content (AvgIpc) is 2.22. The maximum Gasteiger partial charge on any atom is 0.293 e. The summed E-state index contributed by atoms with van der Waals surface area (Å²) in [6.45, 7) is 1.26. The Morgan fingerprint density at radius 1 is 1.69 bits per heavy atom. The van der Waals surface area contributed by atoms with Crippen LogP contribution >= 0.6 is 15.9 Å². The molecular formula is C10H16BrN3O2. The van der Waals surface area contributed by atoms with Crippen molar-refractivity contribution in [1.82, 2.24) is 9.55 Å². The van der Waals surface area contributed by atoms with E-state index in [4.69, 9.17) is 4.74 Å². The van der Waals surface area contributed by atoms with E-state index >= 15 is 0 Å². The molecule has 90 valence electrons. The molecule has 1 aromatic rings. The Balaban J connectivity index is 2.77. The summed E-state index contributed by atoms with van der Waals surface area (Å²) < 4.78 is 6.53. The first-order valence-corrected chi connectivity index (χ1v) is 5.83. The van der Waals surface area contributed by atoms with Gasteiger partial charge in [0.05, 0.1) is 11.4 Å². The Bertz CT molecular complexity index is 394. The highest BCUT2D eigenvalue weighted by molar-refractivity contribution is 9.09. The molecule has 1 aromatic heterocycles. The van der Waals surface area contributed by atoms with Gasteiger partial charge in [0.1, 0.15) is 0 Å². The quantitative estimate of drug-likeness (QED) is 0.746. The van der Waals surface area contributed by atoms with Gasteiger partial charge in [-0.1, -0.05) is 15.9 Å². The molecule has 0 spiro atoms. The molecule has 16 heavy (non-hydrogen) atoms. The fourth-order valence-corrected chi connectivity index (χ4v) is 2.06. The van der Waals surface area contributed by atoms with Gasteiger partial charge in [-0.05, 0) is 0 Å². The maximum absolute atomic E-state index is 11.8. The van der Waals surface area contributed by atoms with E-state index in [1.165, 1.54) is 4.57 Å². The fourth-order valence-electron chi connectivity index (χ4n) is 1.36. The summed E-state index contributed by atoms with van der Waals surface area (Å²) in [5.74, 6) is 0.450. The molecule has 0 saturated heterocycles. The molecule has 5 nitrogen and oxygen atoms in total. The molecular weight excluding hydrogens is 274 g/mol. The van der Waals surface area contributed by atoms with Crippen LogP contribution in [-0.4, -0.2) is 41.7 Å². The van der Waals surface area contributed by atoms with Crippen LogP contribution in [-0.2, 0) is 11.8 Å². The van der Waals surface area contributed by atoms with Crippen molar-refractivity contribution in [3.05, 3.63) is 22.7 Å². The minimum atomic E-state index is -0.0953. The number of hydrogen-bond acceptors (Lipinski definition) is 4. The van der Waals surface area contributed by atoms with Crippen LogP contribution in [0.1, 0.15) is 0 Å². The number of aryl methyl sites for hydroxylation is 1. The molecule has 0 amide bonds. The number of methoxy groups -OCH3 is 1. The van der Waals surface area contributed by atoms with Crippen molar-refractivity contribution in [3.8, 4) is 0 Å². The zero-order valence-corrected chi connectivity index (χ0v) is 11.3. The van der Waals surface area contributed by atoms with Gasteiger partial charge in [0.25, 0.3) is 5.56 Å². The van der Waals surface area contributed by atoms with Crippen LogP contribution in [0.4, 0.5) is 5.82 Å². The second-order valence-electron chi connectivity index (χ2n) is 3.60.